The van der Waals surface area contributed by atoms with Gasteiger partial charge in [-0.2, -0.15) is 23.5 Å². The van der Waals surface area contributed by atoms with E-state index in [1.165, 1.54) is 23.3 Å². The van der Waals surface area contributed by atoms with Crippen molar-refractivity contribution in [1.29, 1.82) is 0 Å². The van der Waals surface area contributed by atoms with Crippen molar-refractivity contribution in [1.82, 2.24) is 0 Å². The maximum atomic E-state index is 2.34. The first-order valence-electron chi connectivity index (χ1n) is 7.12. The molecule has 2 rings (SSSR count). The third-order valence-corrected chi connectivity index (χ3v) is 5.52. The number of benzene rings is 2. The molecule has 0 heterocycles. The second kappa shape index (κ2) is 9.15. The molecule has 2 aromatic rings. The van der Waals surface area contributed by atoms with Crippen molar-refractivity contribution in [3.63, 3.8) is 0 Å². The van der Waals surface area contributed by atoms with Crippen LogP contribution in [0.2, 0.25) is 0 Å². The molecule has 2 heteroatoms. The van der Waals surface area contributed by atoms with Crippen LogP contribution in [-0.4, -0.2) is 11.0 Å². The van der Waals surface area contributed by atoms with Gasteiger partial charge in [0, 0.05) is 16.8 Å². The molecule has 0 aliphatic heterocycles. The van der Waals surface area contributed by atoms with Gasteiger partial charge in [0.05, 0.1) is 0 Å². The van der Waals surface area contributed by atoms with Crippen LogP contribution in [0.5, 0.6) is 0 Å². The molecular weight excluding hydrogens is 280 g/mol. The minimum atomic E-state index is 0.735. The van der Waals surface area contributed by atoms with E-state index in [1.54, 1.807) is 0 Å². The van der Waals surface area contributed by atoms with Crippen molar-refractivity contribution < 1.29 is 0 Å². The standard InChI is InChI=1S/C18H22S2/c1-16(20-15-18-10-6-3-7-11-18)12-13-19-14-17-8-4-2-5-9-17/h2-11,16H,12-15H2,1H3. The molecular formula is C18H22S2. The van der Waals surface area contributed by atoms with Crippen LogP contribution < -0.4 is 0 Å². The van der Waals surface area contributed by atoms with Gasteiger partial charge in [0.15, 0.2) is 0 Å². The Morgan fingerprint density at radius 1 is 0.800 bits per heavy atom. The molecule has 0 nitrogen and oxygen atoms in total. The molecule has 20 heavy (non-hydrogen) atoms. The zero-order valence-electron chi connectivity index (χ0n) is 12.0. The molecule has 1 unspecified atom stereocenters. The maximum absolute atomic E-state index is 2.34. The minimum Gasteiger partial charge on any atom is -0.157 e. The highest BCUT2D eigenvalue weighted by Gasteiger charge is 2.03. The van der Waals surface area contributed by atoms with Gasteiger partial charge in [-0.25, -0.2) is 0 Å². The summed E-state index contributed by atoms with van der Waals surface area (Å²) in [7, 11) is 0. The normalized spacial score (nSPS) is 12.2. The highest BCUT2D eigenvalue weighted by Crippen LogP contribution is 2.22. The van der Waals surface area contributed by atoms with E-state index < -0.39 is 0 Å². The van der Waals surface area contributed by atoms with E-state index in [4.69, 9.17) is 0 Å². The smallest absolute Gasteiger partial charge is 0.0187 e. The lowest BCUT2D eigenvalue weighted by Crippen LogP contribution is -1.99. The first-order valence-corrected chi connectivity index (χ1v) is 9.32. The third kappa shape index (κ3) is 6.06. The first kappa shape index (κ1) is 15.5. The Morgan fingerprint density at radius 3 is 1.95 bits per heavy atom. The summed E-state index contributed by atoms with van der Waals surface area (Å²) in [5.74, 6) is 3.51. The van der Waals surface area contributed by atoms with E-state index in [2.05, 4.69) is 79.3 Å². The third-order valence-electron chi connectivity index (χ3n) is 3.16. The Hall–Kier alpha value is -0.860. The van der Waals surface area contributed by atoms with Gasteiger partial charge in [-0.3, -0.25) is 0 Å². The van der Waals surface area contributed by atoms with Crippen LogP contribution in [0.25, 0.3) is 0 Å². The Morgan fingerprint density at radius 2 is 1.35 bits per heavy atom. The summed E-state index contributed by atoms with van der Waals surface area (Å²) in [6.07, 6.45) is 1.29. The fourth-order valence-corrected chi connectivity index (χ4v) is 4.11. The van der Waals surface area contributed by atoms with E-state index in [-0.39, 0.29) is 0 Å². The summed E-state index contributed by atoms with van der Waals surface area (Å²) in [5.41, 5.74) is 2.86. The molecule has 0 saturated carbocycles. The molecule has 0 saturated heterocycles. The van der Waals surface area contributed by atoms with E-state index in [9.17, 15) is 0 Å². The molecule has 0 amide bonds. The topological polar surface area (TPSA) is 0 Å². The second-order valence-electron chi connectivity index (χ2n) is 4.93. The minimum absolute atomic E-state index is 0.735. The Bertz CT molecular complexity index is 467. The highest BCUT2D eigenvalue weighted by atomic mass is 32.2. The predicted octanol–water partition coefficient (Wildman–Crippen LogP) is 5.63. The highest BCUT2D eigenvalue weighted by molar-refractivity contribution is 7.99. The van der Waals surface area contributed by atoms with Gasteiger partial charge in [-0.15, -0.1) is 0 Å². The summed E-state index contributed by atoms with van der Waals surface area (Å²) >= 11 is 4.11. The molecule has 0 aliphatic rings. The van der Waals surface area contributed by atoms with Crippen LogP contribution >= 0.6 is 23.5 Å². The van der Waals surface area contributed by atoms with Gasteiger partial charge in [0.1, 0.15) is 0 Å². The van der Waals surface area contributed by atoms with E-state index in [0.717, 1.165) is 16.8 Å². The lowest BCUT2D eigenvalue weighted by molar-refractivity contribution is 0.915. The number of rotatable bonds is 8. The van der Waals surface area contributed by atoms with Crippen molar-refractivity contribution in [2.45, 2.75) is 30.1 Å². The maximum Gasteiger partial charge on any atom is 0.0187 e. The fraction of sp³-hybridized carbons (Fsp3) is 0.333. The van der Waals surface area contributed by atoms with Crippen LogP contribution in [0, 0.1) is 0 Å². The molecule has 0 radical (unpaired) electrons. The second-order valence-corrected chi connectivity index (χ2v) is 7.47. The molecule has 0 bridgehead atoms. The number of hydrogen-bond acceptors (Lipinski definition) is 2. The van der Waals surface area contributed by atoms with Gasteiger partial charge in [-0.05, 0) is 23.3 Å². The molecule has 0 aromatic heterocycles. The SMILES string of the molecule is CC(CCSCc1ccccc1)SCc1ccccc1. The van der Waals surface area contributed by atoms with Gasteiger partial charge in [0.25, 0.3) is 0 Å². The quantitative estimate of drug-likeness (QED) is 0.579. The zero-order chi connectivity index (χ0) is 14.0. The van der Waals surface area contributed by atoms with Crippen LogP contribution in [0.4, 0.5) is 0 Å². The summed E-state index contributed by atoms with van der Waals surface area (Å²) in [5, 5.41) is 0.735. The lowest BCUT2D eigenvalue weighted by Gasteiger charge is -2.11. The average Bonchev–Trinajstić information content (AvgIpc) is 2.52. The van der Waals surface area contributed by atoms with Crippen molar-refractivity contribution >= 4 is 23.5 Å². The monoisotopic (exact) mass is 302 g/mol. The van der Waals surface area contributed by atoms with Crippen molar-refractivity contribution in [3.05, 3.63) is 71.8 Å². The fourth-order valence-electron chi connectivity index (χ4n) is 1.91. The van der Waals surface area contributed by atoms with Crippen molar-refractivity contribution in [3.8, 4) is 0 Å². The number of thioether (sulfide) groups is 2. The summed E-state index contributed by atoms with van der Waals surface area (Å²) < 4.78 is 0. The van der Waals surface area contributed by atoms with Gasteiger partial charge in [-0.1, -0.05) is 67.6 Å². The first-order chi connectivity index (χ1) is 9.84. The van der Waals surface area contributed by atoms with Crippen LogP contribution in [0.1, 0.15) is 24.5 Å². The molecule has 0 aliphatic carbocycles. The molecule has 1 atom stereocenters. The Kier molecular flexibility index (Phi) is 7.10. The molecule has 0 N–H and O–H groups in total. The van der Waals surface area contributed by atoms with Crippen LogP contribution in [0.3, 0.4) is 0 Å². The van der Waals surface area contributed by atoms with Gasteiger partial charge >= 0.3 is 0 Å². The molecule has 2 aromatic carbocycles. The zero-order valence-corrected chi connectivity index (χ0v) is 13.6. The largest absolute Gasteiger partial charge is 0.157 e. The van der Waals surface area contributed by atoms with Gasteiger partial charge in [0.2, 0.25) is 0 Å². The van der Waals surface area contributed by atoms with E-state index >= 15 is 0 Å². The Labute approximate surface area is 131 Å². The predicted molar refractivity (Wildman–Crippen MR) is 94.4 cm³/mol. The average molecular weight is 303 g/mol. The lowest BCUT2D eigenvalue weighted by atomic mass is 10.2. The summed E-state index contributed by atoms with van der Waals surface area (Å²) in [6.45, 7) is 2.34. The number of hydrogen-bond donors (Lipinski definition) is 0. The molecule has 106 valence electrons. The summed E-state index contributed by atoms with van der Waals surface area (Å²) in [4.78, 5) is 0. The Balaban J connectivity index is 1.57. The van der Waals surface area contributed by atoms with Crippen molar-refractivity contribution in [2.75, 3.05) is 5.75 Å². The van der Waals surface area contributed by atoms with Crippen molar-refractivity contribution in [2.24, 2.45) is 0 Å². The van der Waals surface area contributed by atoms with E-state index in [0.29, 0.717) is 0 Å². The van der Waals surface area contributed by atoms with E-state index in [1.807, 2.05) is 11.8 Å². The molecule has 0 spiro atoms. The molecule has 0 fully saturated rings. The van der Waals surface area contributed by atoms with Crippen LogP contribution in [-0.2, 0) is 11.5 Å². The van der Waals surface area contributed by atoms with Gasteiger partial charge < -0.3 is 0 Å². The van der Waals surface area contributed by atoms with Crippen LogP contribution in [0.15, 0.2) is 60.7 Å². The summed E-state index contributed by atoms with van der Waals surface area (Å²) in [6, 6.07) is 21.5.